The van der Waals surface area contributed by atoms with Gasteiger partial charge >= 0.3 is 0 Å². The second-order valence-corrected chi connectivity index (χ2v) is 7.66. The first kappa shape index (κ1) is 16.8. The highest BCUT2D eigenvalue weighted by Gasteiger charge is 2.08. The van der Waals surface area contributed by atoms with Crippen LogP contribution in [-0.4, -0.2) is 0 Å². The molecule has 4 aromatic carbocycles. The molecule has 5 rings (SSSR count). The van der Waals surface area contributed by atoms with Crippen molar-refractivity contribution >= 4 is 21.9 Å². The van der Waals surface area contributed by atoms with Crippen molar-refractivity contribution in [2.45, 2.75) is 19.8 Å². The van der Waals surface area contributed by atoms with Gasteiger partial charge in [-0.25, -0.2) is 0 Å². The minimum Gasteiger partial charge on any atom is -0.456 e. The lowest BCUT2D eigenvalue weighted by Crippen LogP contribution is -1.86. The molecule has 0 aliphatic rings. The number of furan rings is 1. The van der Waals surface area contributed by atoms with E-state index in [0.717, 1.165) is 11.2 Å². The SMILES string of the molecule is CC(C)c1ccc(-c2ccc(-c3ccc4oc5ccccc5c4c3)cc2)cc1. The lowest BCUT2D eigenvalue weighted by Gasteiger charge is -2.08. The Labute approximate surface area is 165 Å². The monoisotopic (exact) mass is 362 g/mol. The van der Waals surface area contributed by atoms with Crippen molar-refractivity contribution in [3.8, 4) is 22.3 Å². The van der Waals surface area contributed by atoms with E-state index < -0.39 is 0 Å². The zero-order chi connectivity index (χ0) is 19.1. The molecule has 1 nitrogen and oxygen atoms in total. The Morgan fingerprint density at radius 3 is 1.75 bits per heavy atom. The van der Waals surface area contributed by atoms with Crippen LogP contribution < -0.4 is 0 Å². The summed E-state index contributed by atoms with van der Waals surface area (Å²) in [5.41, 5.74) is 8.18. The lowest BCUT2D eigenvalue weighted by molar-refractivity contribution is 0.669. The van der Waals surface area contributed by atoms with Crippen molar-refractivity contribution < 1.29 is 4.42 Å². The molecule has 1 aromatic heterocycles. The molecule has 0 fully saturated rings. The topological polar surface area (TPSA) is 13.1 Å². The largest absolute Gasteiger partial charge is 0.456 e. The summed E-state index contributed by atoms with van der Waals surface area (Å²) in [5.74, 6) is 0.561. The fourth-order valence-corrected chi connectivity index (χ4v) is 3.82. The maximum Gasteiger partial charge on any atom is 0.135 e. The fourth-order valence-electron chi connectivity index (χ4n) is 3.82. The van der Waals surface area contributed by atoms with Crippen molar-refractivity contribution in [2.24, 2.45) is 0 Å². The summed E-state index contributed by atoms with van der Waals surface area (Å²) >= 11 is 0. The number of hydrogen-bond acceptors (Lipinski definition) is 1. The summed E-state index contributed by atoms with van der Waals surface area (Å²) in [4.78, 5) is 0. The van der Waals surface area contributed by atoms with Crippen molar-refractivity contribution in [1.29, 1.82) is 0 Å². The molecule has 136 valence electrons. The predicted octanol–water partition coefficient (Wildman–Crippen LogP) is 8.04. The van der Waals surface area contributed by atoms with Crippen LogP contribution in [0.2, 0.25) is 0 Å². The van der Waals surface area contributed by atoms with E-state index in [1.54, 1.807) is 0 Å². The molecule has 0 aliphatic heterocycles. The van der Waals surface area contributed by atoms with E-state index in [9.17, 15) is 0 Å². The average Bonchev–Trinajstić information content (AvgIpc) is 3.12. The molecule has 1 heterocycles. The molecule has 1 heteroatoms. The van der Waals surface area contributed by atoms with Crippen molar-refractivity contribution in [1.82, 2.24) is 0 Å². The Morgan fingerprint density at radius 1 is 0.536 bits per heavy atom. The summed E-state index contributed by atoms with van der Waals surface area (Å²) in [6.45, 7) is 4.45. The van der Waals surface area contributed by atoms with E-state index in [0.29, 0.717) is 5.92 Å². The average molecular weight is 362 g/mol. The lowest BCUT2D eigenvalue weighted by atomic mass is 9.97. The van der Waals surface area contributed by atoms with Gasteiger partial charge < -0.3 is 4.42 Å². The first-order valence-electron chi connectivity index (χ1n) is 9.81. The van der Waals surface area contributed by atoms with Gasteiger partial charge in [-0.05, 0) is 51.9 Å². The minimum atomic E-state index is 0.561. The molecule has 0 saturated carbocycles. The van der Waals surface area contributed by atoms with Crippen LogP contribution in [0.4, 0.5) is 0 Å². The van der Waals surface area contributed by atoms with E-state index in [4.69, 9.17) is 4.42 Å². The van der Waals surface area contributed by atoms with E-state index in [2.05, 4.69) is 92.7 Å². The van der Waals surface area contributed by atoms with Gasteiger partial charge in [0.25, 0.3) is 0 Å². The van der Waals surface area contributed by atoms with Gasteiger partial charge in [0, 0.05) is 10.8 Å². The second-order valence-electron chi connectivity index (χ2n) is 7.66. The normalized spacial score (nSPS) is 11.5. The van der Waals surface area contributed by atoms with Crippen molar-refractivity contribution in [3.05, 3.63) is 96.6 Å². The van der Waals surface area contributed by atoms with Gasteiger partial charge in [0.05, 0.1) is 0 Å². The Hall–Kier alpha value is -3.32. The van der Waals surface area contributed by atoms with Crippen molar-refractivity contribution in [3.63, 3.8) is 0 Å². The maximum absolute atomic E-state index is 5.95. The van der Waals surface area contributed by atoms with Crippen LogP contribution in [0.15, 0.2) is 95.4 Å². The molecule has 0 radical (unpaired) electrons. The highest BCUT2D eigenvalue weighted by atomic mass is 16.3. The smallest absolute Gasteiger partial charge is 0.135 e. The molecule has 0 unspecified atom stereocenters. The van der Waals surface area contributed by atoms with E-state index in [-0.39, 0.29) is 0 Å². The van der Waals surface area contributed by atoms with Crippen LogP contribution in [0.25, 0.3) is 44.2 Å². The molecule has 0 aliphatic carbocycles. The minimum absolute atomic E-state index is 0.561. The molecule has 0 spiro atoms. The number of fused-ring (bicyclic) bond motifs is 3. The Balaban J connectivity index is 1.50. The first-order valence-corrected chi connectivity index (χ1v) is 9.81. The maximum atomic E-state index is 5.95. The van der Waals surface area contributed by atoms with E-state index >= 15 is 0 Å². The number of hydrogen-bond donors (Lipinski definition) is 0. The van der Waals surface area contributed by atoms with Crippen LogP contribution in [-0.2, 0) is 0 Å². The Morgan fingerprint density at radius 2 is 1.07 bits per heavy atom. The molecular weight excluding hydrogens is 340 g/mol. The summed E-state index contributed by atoms with van der Waals surface area (Å²) in [5, 5.41) is 2.34. The fraction of sp³-hybridized carbons (Fsp3) is 0.111. The molecular formula is C27H22O. The van der Waals surface area contributed by atoms with Gasteiger partial charge in [-0.1, -0.05) is 86.6 Å². The van der Waals surface area contributed by atoms with E-state index in [1.165, 1.54) is 38.6 Å². The molecule has 0 amide bonds. The number of benzene rings is 4. The summed E-state index contributed by atoms with van der Waals surface area (Å²) in [6.07, 6.45) is 0. The molecule has 0 N–H and O–H groups in total. The molecule has 0 atom stereocenters. The molecule has 28 heavy (non-hydrogen) atoms. The van der Waals surface area contributed by atoms with Crippen LogP contribution in [0.3, 0.4) is 0 Å². The zero-order valence-electron chi connectivity index (χ0n) is 16.1. The van der Waals surface area contributed by atoms with Crippen molar-refractivity contribution in [2.75, 3.05) is 0 Å². The van der Waals surface area contributed by atoms with E-state index in [1.807, 2.05) is 12.1 Å². The molecule has 0 saturated heterocycles. The Kier molecular flexibility index (Phi) is 4.02. The molecule has 5 aromatic rings. The molecule has 0 bridgehead atoms. The third-order valence-corrected chi connectivity index (χ3v) is 5.51. The van der Waals surface area contributed by atoms with Gasteiger partial charge in [0.15, 0.2) is 0 Å². The Bertz CT molecular complexity index is 1260. The number of para-hydroxylation sites is 1. The van der Waals surface area contributed by atoms with Crippen LogP contribution >= 0.6 is 0 Å². The third-order valence-electron chi connectivity index (χ3n) is 5.51. The summed E-state index contributed by atoms with van der Waals surface area (Å²) in [7, 11) is 0. The van der Waals surface area contributed by atoms with Crippen LogP contribution in [0, 0.1) is 0 Å². The first-order chi connectivity index (χ1) is 13.7. The number of rotatable bonds is 3. The van der Waals surface area contributed by atoms with Crippen LogP contribution in [0.1, 0.15) is 25.3 Å². The third kappa shape index (κ3) is 2.90. The van der Waals surface area contributed by atoms with Gasteiger partial charge in [-0.15, -0.1) is 0 Å². The highest BCUT2D eigenvalue weighted by Crippen LogP contribution is 2.33. The predicted molar refractivity (Wildman–Crippen MR) is 119 cm³/mol. The second kappa shape index (κ2) is 6.69. The highest BCUT2D eigenvalue weighted by molar-refractivity contribution is 6.06. The van der Waals surface area contributed by atoms with Gasteiger partial charge in [0.2, 0.25) is 0 Å². The standard InChI is InChI=1S/C27H22O/c1-18(2)19-7-9-20(10-8-19)21-11-13-22(14-12-21)23-15-16-27-25(17-23)24-5-3-4-6-26(24)28-27/h3-18H,1-2H3. The van der Waals surface area contributed by atoms with Gasteiger partial charge in [-0.3, -0.25) is 0 Å². The van der Waals surface area contributed by atoms with Crippen LogP contribution in [0.5, 0.6) is 0 Å². The quantitative estimate of drug-likeness (QED) is 0.316. The summed E-state index contributed by atoms with van der Waals surface area (Å²) < 4.78 is 5.95. The van der Waals surface area contributed by atoms with Gasteiger partial charge in [-0.2, -0.15) is 0 Å². The summed E-state index contributed by atoms with van der Waals surface area (Å²) in [6, 6.07) is 32.4. The van der Waals surface area contributed by atoms with Gasteiger partial charge in [0.1, 0.15) is 11.2 Å². The zero-order valence-corrected chi connectivity index (χ0v) is 16.1.